The lowest BCUT2D eigenvalue weighted by Gasteiger charge is -2.07. The Morgan fingerprint density at radius 2 is 1.97 bits per heavy atom. The summed E-state index contributed by atoms with van der Waals surface area (Å²) in [5.41, 5.74) is 2.46. The molecule has 6 nitrogen and oxygen atoms in total. The molecule has 7 heteroatoms. The van der Waals surface area contributed by atoms with Crippen molar-refractivity contribution in [2.45, 2.75) is 33.2 Å². The number of rotatable bonds is 6. The number of fused-ring (bicyclic) bond motifs is 1. The van der Waals surface area contributed by atoms with Crippen molar-refractivity contribution < 1.29 is 19.1 Å². The average molecular weight is 413 g/mol. The van der Waals surface area contributed by atoms with E-state index in [9.17, 15) is 9.59 Å². The summed E-state index contributed by atoms with van der Waals surface area (Å²) in [6, 6.07) is 12.9. The predicted molar refractivity (Wildman–Crippen MR) is 113 cm³/mol. The molecular formula is C22H24N2O4S. The fourth-order valence-electron chi connectivity index (χ4n) is 2.93. The Bertz CT molecular complexity index is 1110. The topological polar surface area (TPSA) is 69.9 Å². The molecule has 0 atom stereocenters. The maximum atomic E-state index is 12.8. The van der Waals surface area contributed by atoms with Crippen LogP contribution < -0.4 is 9.54 Å². The second-order valence-corrected chi connectivity index (χ2v) is 7.82. The predicted octanol–water partition coefficient (Wildman–Crippen LogP) is 4.14. The standard InChI is InChI=1S/C22H24N2O4S/c1-5-28-20(25)13-24-18-10-9-15(14(2)3)12-19(18)29-22(24)23-21(26)16-7-6-8-17(11-16)27-4/h6-12,14H,5,13H2,1-4H3. The molecule has 0 saturated heterocycles. The van der Waals surface area contributed by atoms with Gasteiger partial charge in [0.25, 0.3) is 5.91 Å². The summed E-state index contributed by atoms with van der Waals surface area (Å²) in [4.78, 5) is 29.7. The first-order valence-electron chi connectivity index (χ1n) is 9.45. The zero-order valence-electron chi connectivity index (χ0n) is 17.0. The summed E-state index contributed by atoms with van der Waals surface area (Å²) in [5, 5.41) is 0. The van der Waals surface area contributed by atoms with Gasteiger partial charge >= 0.3 is 5.97 Å². The van der Waals surface area contributed by atoms with E-state index in [2.05, 4.69) is 24.9 Å². The van der Waals surface area contributed by atoms with Gasteiger partial charge in [-0.05, 0) is 48.7 Å². The van der Waals surface area contributed by atoms with Gasteiger partial charge in [0.1, 0.15) is 12.3 Å². The molecule has 0 aliphatic heterocycles. The minimum absolute atomic E-state index is 0.000903. The van der Waals surface area contributed by atoms with E-state index in [0.717, 1.165) is 10.2 Å². The monoisotopic (exact) mass is 412 g/mol. The number of methoxy groups -OCH3 is 1. The number of aromatic nitrogens is 1. The summed E-state index contributed by atoms with van der Waals surface area (Å²) in [6.07, 6.45) is 0. The van der Waals surface area contributed by atoms with Crippen LogP contribution in [0.15, 0.2) is 47.5 Å². The lowest BCUT2D eigenvalue weighted by atomic mass is 10.0. The van der Waals surface area contributed by atoms with E-state index >= 15 is 0 Å². The Hall–Kier alpha value is -2.93. The van der Waals surface area contributed by atoms with Crippen molar-refractivity contribution in [3.63, 3.8) is 0 Å². The molecule has 0 unspecified atom stereocenters. The van der Waals surface area contributed by atoms with Gasteiger partial charge in [0.05, 0.1) is 23.9 Å². The van der Waals surface area contributed by atoms with Crippen molar-refractivity contribution in [1.29, 1.82) is 0 Å². The van der Waals surface area contributed by atoms with E-state index in [-0.39, 0.29) is 12.5 Å². The smallest absolute Gasteiger partial charge is 0.326 e. The number of carbonyl (C=O) groups is 2. The van der Waals surface area contributed by atoms with E-state index < -0.39 is 5.91 Å². The van der Waals surface area contributed by atoms with Crippen molar-refractivity contribution >= 4 is 33.4 Å². The molecule has 1 heterocycles. The number of hydrogen-bond acceptors (Lipinski definition) is 5. The van der Waals surface area contributed by atoms with Crippen LogP contribution in [0.4, 0.5) is 0 Å². The Labute approximate surface area is 173 Å². The number of esters is 1. The number of carbonyl (C=O) groups excluding carboxylic acids is 2. The number of benzene rings is 2. The summed E-state index contributed by atoms with van der Waals surface area (Å²) in [6.45, 7) is 6.31. The molecule has 2 aromatic carbocycles. The largest absolute Gasteiger partial charge is 0.497 e. The first-order valence-corrected chi connectivity index (χ1v) is 10.3. The molecule has 3 aromatic rings. The summed E-state index contributed by atoms with van der Waals surface area (Å²) >= 11 is 1.38. The minimum Gasteiger partial charge on any atom is -0.497 e. The Balaban J connectivity index is 2.11. The van der Waals surface area contributed by atoms with Crippen molar-refractivity contribution in [3.8, 4) is 5.75 Å². The summed E-state index contributed by atoms with van der Waals surface area (Å²) in [5.74, 6) is 0.203. The van der Waals surface area contributed by atoms with Gasteiger partial charge in [0, 0.05) is 5.56 Å². The zero-order chi connectivity index (χ0) is 21.0. The molecule has 152 valence electrons. The molecule has 1 aromatic heterocycles. The minimum atomic E-state index is -0.392. The highest BCUT2D eigenvalue weighted by Gasteiger charge is 2.14. The summed E-state index contributed by atoms with van der Waals surface area (Å²) < 4.78 is 13.0. The first kappa shape index (κ1) is 20.8. The van der Waals surface area contributed by atoms with Crippen molar-refractivity contribution in [1.82, 2.24) is 4.57 Å². The number of thiazole rings is 1. The number of hydrogen-bond donors (Lipinski definition) is 0. The lowest BCUT2D eigenvalue weighted by Crippen LogP contribution is -2.23. The maximum absolute atomic E-state index is 12.8. The zero-order valence-corrected chi connectivity index (χ0v) is 17.8. The fraction of sp³-hybridized carbons (Fsp3) is 0.318. The van der Waals surface area contributed by atoms with Gasteiger partial charge in [-0.1, -0.05) is 37.3 Å². The van der Waals surface area contributed by atoms with Crippen LogP contribution >= 0.6 is 11.3 Å². The van der Waals surface area contributed by atoms with Gasteiger partial charge in [-0.3, -0.25) is 9.59 Å². The normalized spacial score (nSPS) is 11.8. The van der Waals surface area contributed by atoms with E-state index in [4.69, 9.17) is 9.47 Å². The number of amides is 1. The van der Waals surface area contributed by atoms with Crippen LogP contribution in [0.3, 0.4) is 0 Å². The second-order valence-electron chi connectivity index (χ2n) is 6.81. The van der Waals surface area contributed by atoms with Gasteiger partial charge in [0.2, 0.25) is 0 Å². The molecule has 3 rings (SSSR count). The third-order valence-electron chi connectivity index (χ3n) is 4.48. The Morgan fingerprint density at radius 3 is 2.66 bits per heavy atom. The summed E-state index contributed by atoms with van der Waals surface area (Å²) in [7, 11) is 1.55. The van der Waals surface area contributed by atoms with Gasteiger partial charge in [-0.2, -0.15) is 4.99 Å². The maximum Gasteiger partial charge on any atom is 0.326 e. The molecule has 0 saturated carbocycles. The quantitative estimate of drug-likeness (QED) is 0.571. The van der Waals surface area contributed by atoms with Gasteiger partial charge < -0.3 is 14.0 Å². The van der Waals surface area contributed by atoms with Crippen molar-refractivity contribution in [3.05, 3.63) is 58.4 Å². The van der Waals surface area contributed by atoms with E-state index in [1.54, 1.807) is 42.9 Å². The SMILES string of the molecule is CCOC(=O)Cn1c(=NC(=O)c2cccc(OC)c2)sc2cc(C(C)C)ccc21. The molecule has 0 bridgehead atoms. The van der Waals surface area contributed by atoms with Crippen LogP contribution in [0.2, 0.25) is 0 Å². The van der Waals surface area contributed by atoms with Gasteiger partial charge in [-0.15, -0.1) is 0 Å². The average Bonchev–Trinajstić information content (AvgIpc) is 3.04. The first-order chi connectivity index (χ1) is 13.9. The van der Waals surface area contributed by atoms with Crippen molar-refractivity contribution in [2.75, 3.05) is 13.7 Å². The van der Waals surface area contributed by atoms with Crippen LogP contribution in [-0.4, -0.2) is 30.2 Å². The van der Waals surface area contributed by atoms with Crippen LogP contribution in [-0.2, 0) is 16.1 Å². The highest BCUT2D eigenvalue weighted by atomic mass is 32.1. The van der Waals surface area contributed by atoms with Gasteiger partial charge in [0.15, 0.2) is 4.80 Å². The van der Waals surface area contributed by atoms with Crippen LogP contribution in [0, 0.1) is 0 Å². The molecule has 0 spiro atoms. The van der Waals surface area contributed by atoms with Crippen LogP contribution in [0.25, 0.3) is 10.2 Å². The fourth-order valence-corrected chi connectivity index (χ4v) is 4.01. The van der Waals surface area contributed by atoms with Gasteiger partial charge in [-0.25, -0.2) is 0 Å². The van der Waals surface area contributed by atoms with Crippen LogP contribution in [0.5, 0.6) is 5.75 Å². The Kier molecular flexibility index (Phi) is 6.49. The second kappa shape index (κ2) is 9.05. The Morgan fingerprint density at radius 1 is 1.17 bits per heavy atom. The lowest BCUT2D eigenvalue weighted by molar-refractivity contribution is -0.143. The number of ether oxygens (including phenoxy) is 2. The highest BCUT2D eigenvalue weighted by molar-refractivity contribution is 7.16. The molecule has 0 aliphatic rings. The number of nitrogens with zero attached hydrogens (tertiary/aromatic N) is 2. The third-order valence-corrected chi connectivity index (χ3v) is 5.52. The molecule has 1 amide bonds. The van der Waals surface area contributed by atoms with E-state index in [0.29, 0.717) is 28.6 Å². The molecule has 0 N–H and O–H groups in total. The molecule has 29 heavy (non-hydrogen) atoms. The van der Waals surface area contributed by atoms with E-state index in [1.165, 1.54) is 16.9 Å². The molecular weight excluding hydrogens is 388 g/mol. The molecule has 0 aliphatic carbocycles. The molecule has 0 radical (unpaired) electrons. The van der Waals surface area contributed by atoms with Crippen LogP contribution in [0.1, 0.15) is 42.6 Å². The third kappa shape index (κ3) is 4.74. The highest BCUT2D eigenvalue weighted by Crippen LogP contribution is 2.24. The van der Waals surface area contributed by atoms with Crippen molar-refractivity contribution in [2.24, 2.45) is 4.99 Å². The molecule has 0 fully saturated rings. The van der Waals surface area contributed by atoms with E-state index in [1.807, 2.05) is 12.1 Å².